The Morgan fingerprint density at radius 2 is 2.05 bits per heavy atom. The molecule has 2 aliphatic heterocycles. The summed E-state index contributed by atoms with van der Waals surface area (Å²) in [6.07, 6.45) is 1.80. The summed E-state index contributed by atoms with van der Waals surface area (Å²) < 4.78 is 37.3. The van der Waals surface area contributed by atoms with E-state index in [4.69, 9.17) is 0 Å². The fourth-order valence-electron chi connectivity index (χ4n) is 4.03. The van der Waals surface area contributed by atoms with E-state index in [-0.39, 0.29) is 6.04 Å². The van der Waals surface area contributed by atoms with Crippen molar-refractivity contribution in [3.05, 3.63) is 0 Å². The van der Waals surface area contributed by atoms with Crippen LogP contribution in [0.4, 0.5) is 13.2 Å². The normalized spacial score (nSPS) is 29.2. The summed E-state index contributed by atoms with van der Waals surface area (Å²) in [4.78, 5) is 8.11. The van der Waals surface area contributed by atoms with Gasteiger partial charge in [-0.1, -0.05) is 6.42 Å². The van der Waals surface area contributed by atoms with Gasteiger partial charge in [-0.25, -0.2) is 0 Å². The fourth-order valence-corrected chi connectivity index (χ4v) is 4.03. The predicted octanol–water partition coefficient (Wildman–Crippen LogP) is 2.07. The zero-order valence-electron chi connectivity index (χ0n) is 13.1. The number of likely N-dealkylation sites (tertiary alicyclic amines) is 2. The van der Waals surface area contributed by atoms with Crippen LogP contribution in [-0.4, -0.2) is 67.7 Å². The number of rotatable bonds is 2. The van der Waals surface area contributed by atoms with E-state index in [9.17, 15) is 13.2 Å². The van der Waals surface area contributed by atoms with E-state index in [0.717, 1.165) is 25.5 Å². The van der Waals surface area contributed by atoms with Gasteiger partial charge >= 0.3 is 6.18 Å². The molecule has 0 aromatic carbocycles. The maximum absolute atomic E-state index is 12.4. The van der Waals surface area contributed by atoms with Crippen LogP contribution in [0.15, 0.2) is 4.99 Å². The zero-order chi connectivity index (χ0) is 15.8. The third-order valence-corrected chi connectivity index (χ3v) is 5.37. The topological polar surface area (TPSA) is 30.9 Å². The number of hydrogen-bond acceptors (Lipinski definition) is 2. The summed E-state index contributed by atoms with van der Waals surface area (Å²) in [6, 6.07) is 0.0685. The number of halogens is 3. The lowest BCUT2D eigenvalue weighted by atomic mass is 9.68. The van der Waals surface area contributed by atoms with Gasteiger partial charge in [-0.15, -0.1) is 0 Å². The summed E-state index contributed by atoms with van der Waals surface area (Å²) in [5.74, 6) is 0.864. The molecule has 0 amide bonds. The van der Waals surface area contributed by atoms with Gasteiger partial charge in [0.2, 0.25) is 0 Å². The van der Waals surface area contributed by atoms with Crippen LogP contribution in [0, 0.1) is 5.41 Å². The van der Waals surface area contributed by atoms with Crippen LogP contribution in [0.3, 0.4) is 0 Å². The van der Waals surface area contributed by atoms with E-state index in [2.05, 4.69) is 15.2 Å². The maximum atomic E-state index is 12.4. The van der Waals surface area contributed by atoms with Gasteiger partial charge in [-0.2, -0.15) is 13.2 Å². The molecule has 3 rings (SSSR count). The molecule has 4 nitrogen and oxygen atoms in total. The van der Waals surface area contributed by atoms with Crippen LogP contribution >= 0.6 is 0 Å². The van der Waals surface area contributed by atoms with Crippen molar-refractivity contribution in [2.45, 2.75) is 44.3 Å². The van der Waals surface area contributed by atoms with E-state index in [1.54, 1.807) is 7.05 Å². The Kier molecular flexibility index (Phi) is 4.27. The van der Waals surface area contributed by atoms with Crippen molar-refractivity contribution in [3.8, 4) is 0 Å². The van der Waals surface area contributed by atoms with Crippen LogP contribution in [0.25, 0.3) is 0 Å². The molecule has 0 radical (unpaired) electrons. The minimum absolute atomic E-state index is 0.0685. The summed E-state index contributed by atoms with van der Waals surface area (Å²) in [6.45, 7) is 2.19. The van der Waals surface area contributed by atoms with Crippen LogP contribution in [0.2, 0.25) is 0 Å². The van der Waals surface area contributed by atoms with Crippen LogP contribution < -0.4 is 5.32 Å². The smallest absolute Gasteiger partial charge is 0.352 e. The Morgan fingerprint density at radius 1 is 1.27 bits per heavy atom. The molecule has 22 heavy (non-hydrogen) atoms. The maximum Gasteiger partial charge on any atom is 0.401 e. The molecule has 1 unspecified atom stereocenters. The van der Waals surface area contributed by atoms with E-state index in [1.165, 1.54) is 30.6 Å². The lowest BCUT2D eigenvalue weighted by molar-refractivity contribution is -0.143. The second-order valence-corrected chi connectivity index (χ2v) is 7.05. The molecular weight excluding hydrogens is 293 g/mol. The van der Waals surface area contributed by atoms with E-state index < -0.39 is 12.7 Å². The highest BCUT2D eigenvalue weighted by molar-refractivity contribution is 5.80. The van der Waals surface area contributed by atoms with Gasteiger partial charge in [0.15, 0.2) is 5.96 Å². The zero-order valence-corrected chi connectivity index (χ0v) is 13.1. The average molecular weight is 318 g/mol. The first-order valence-corrected chi connectivity index (χ1v) is 8.17. The number of nitrogens with zero attached hydrogens (tertiary/aromatic N) is 3. The Balaban J connectivity index is 1.50. The lowest BCUT2D eigenvalue weighted by Gasteiger charge is -2.38. The largest absolute Gasteiger partial charge is 0.401 e. The van der Waals surface area contributed by atoms with Crippen LogP contribution in [-0.2, 0) is 0 Å². The van der Waals surface area contributed by atoms with Crippen molar-refractivity contribution in [2.75, 3.05) is 39.8 Å². The first-order valence-electron chi connectivity index (χ1n) is 8.17. The molecule has 3 fully saturated rings. The van der Waals surface area contributed by atoms with Gasteiger partial charge in [0.1, 0.15) is 0 Å². The number of guanidine groups is 1. The summed E-state index contributed by atoms with van der Waals surface area (Å²) >= 11 is 0. The van der Waals surface area contributed by atoms with Crippen molar-refractivity contribution in [1.82, 2.24) is 15.1 Å². The number of alkyl halides is 3. The molecule has 7 heteroatoms. The van der Waals surface area contributed by atoms with Crippen molar-refractivity contribution < 1.29 is 13.2 Å². The van der Waals surface area contributed by atoms with E-state index in [0.29, 0.717) is 18.5 Å². The number of hydrogen-bond donors (Lipinski definition) is 1. The monoisotopic (exact) mass is 318 g/mol. The Bertz CT molecular complexity index is 431. The molecule has 2 heterocycles. The Labute approximate surface area is 129 Å². The van der Waals surface area contributed by atoms with Gasteiger partial charge in [0, 0.05) is 39.3 Å². The van der Waals surface area contributed by atoms with Gasteiger partial charge in [0.05, 0.1) is 6.54 Å². The van der Waals surface area contributed by atoms with Gasteiger partial charge in [-0.05, 0) is 31.1 Å². The SMILES string of the molecule is CN=C(NC1CCN(CC(F)(F)F)C1)N1CCC2(CCC2)C1. The molecular formula is C15H25F3N4. The Hall–Kier alpha value is -0.980. The quantitative estimate of drug-likeness (QED) is 0.625. The second kappa shape index (κ2) is 5.91. The first kappa shape index (κ1) is 15.9. The van der Waals surface area contributed by atoms with Crippen LogP contribution in [0.5, 0.6) is 0 Å². The minimum Gasteiger partial charge on any atom is -0.352 e. The van der Waals surface area contributed by atoms with Gasteiger partial charge < -0.3 is 10.2 Å². The number of nitrogens with one attached hydrogen (secondary N) is 1. The standard InChI is InChI=1S/C15H25F3N4/c1-19-13(22-8-6-14(10-22)4-2-5-14)20-12-3-7-21(9-12)11-15(16,17)18/h12H,2-11H2,1H3,(H,19,20). The number of aliphatic imine (C=N–C) groups is 1. The first-order chi connectivity index (χ1) is 10.4. The fraction of sp³-hybridized carbons (Fsp3) is 0.933. The molecule has 1 spiro atoms. The van der Waals surface area contributed by atoms with Crippen LogP contribution in [0.1, 0.15) is 32.1 Å². The minimum atomic E-state index is -4.11. The predicted molar refractivity (Wildman–Crippen MR) is 79.9 cm³/mol. The highest BCUT2D eigenvalue weighted by atomic mass is 19.4. The summed E-state index contributed by atoms with van der Waals surface area (Å²) in [7, 11) is 1.76. The molecule has 126 valence electrons. The molecule has 0 bridgehead atoms. The summed E-state index contributed by atoms with van der Waals surface area (Å²) in [5.41, 5.74) is 0.496. The third-order valence-electron chi connectivity index (χ3n) is 5.37. The van der Waals surface area contributed by atoms with Gasteiger partial charge in [0.25, 0.3) is 0 Å². The highest BCUT2D eigenvalue weighted by Gasteiger charge is 2.44. The van der Waals surface area contributed by atoms with Crippen molar-refractivity contribution >= 4 is 5.96 Å². The van der Waals surface area contributed by atoms with Gasteiger partial charge in [-0.3, -0.25) is 9.89 Å². The third kappa shape index (κ3) is 3.50. The molecule has 1 saturated carbocycles. The molecule has 0 aromatic heterocycles. The second-order valence-electron chi connectivity index (χ2n) is 7.05. The lowest BCUT2D eigenvalue weighted by Crippen LogP contribution is -2.47. The molecule has 1 N–H and O–H groups in total. The Morgan fingerprint density at radius 3 is 2.59 bits per heavy atom. The van der Waals surface area contributed by atoms with Crippen molar-refractivity contribution in [2.24, 2.45) is 10.4 Å². The van der Waals surface area contributed by atoms with E-state index >= 15 is 0 Å². The van der Waals surface area contributed by atoms with Crippen molar-refractivity contribution in [3.63, 3.8) is 0 Å². The molecule has 3 aliphatic rings. The summed E-state index contributed by atoms with van der Waals surface area (Å²) in [5, 5.41) is 3.38. The van der Waals surface area contributed by atoms with E-state index in [1.807, 2.05) is 0 Å². The highest BCUT2D eigenvalue weighted by Crippen LogP contribution is 2.47. The average Bonchev–Trinajstić information content (AvgIpc) is 3.00. The van der Waals surface area contributed by atoms with Crippen molar-refractivity contribution in [1.29, 1.82) is 0 Å². The molecule has 0 aromatic rings. The molecule has 1 aliphatic carbocycles. The molecule has 2 saturated heterocycles. The molecule has 1 atom stereocenters.